The van der Waals surface area contributed by atoms with Crippen molar-refractivity contribution in [1.82, 2.24) is 10.2 Å². The predicted molar refractivity (Wildman–Crippen MR) is 85.2 cm³/mol. The Bertz CT molecular complexity index is 752. The second-order valence-corrected chi connectivity index (χ2v) is 6.03. The number of aliphatic carboxylic acids is 1. The molecule has 2 atom stereocenters. The maximum Gasteiger partial charge on any atom is 0.318 e. The van der Waals surface area contributed by atoms with Crippen molar-refractivity contribution >= 4 is 23.0 Å². The fraction of sp³-hybridized carbons (Fsp3) is 0.412. The highest BCUT2D eigenvalue weighted by Crippen LogP contribution is 2.29. The van der Waals surface area contributed by atoms with Gasteiger partial charge in [0.15, 0.2) is 0 Å². The molecule has 1 saturated heterocycles. The number of carbonyl (C=O) groups is 2. The number of aryl methyl sites for hydroxylation is 1. The van der Waals surface area contributed by atoms with Gasteiger partial charge in [-0.05, 0) is 26.3 Å². The highest BCUT2D eigenvalue weighted by molar-refractivity contribution is 5.82. The number of carboxylic acid groups (broad SMARTS) is 1. The van der Waals surface area contributed by atoms with Gasteiger partial charge in [-0.1, -0.05) is 18.2 Å². The summed E-state index contributed by atoms with van der Waals surface area (Å²) in [6, 6.07) is 7.23. The Morgan fingerprint density at radius 2 is 2.13 bits per heavy atom. The number of para-hydroxylation sites is 1. The molecule has 3 rings (SSSR count). The molecule has 1 aliphatic heterocycles. The number of urea groups is 1. The van der Waals surface area contributed by atoms with Gasteiger partial charge in [0.25, 0.3) is 0 Å². The summed E-state index contributed by atoms with van der Waals surface area (Å²) in [5.74, 6) is -0.584. The van der Waals surface area contributed by atoms with Crippen molar-refractivity contribution in [3.05, 3.63) is 35.6 Å². The number of carbonyl (C=O) groups excluding carboxylic acids is 1. The van der Waals surface area contributed by atoms with E-state index in [1.54, 1.807) is 4.90 Å². The van der Waals surface area contributed by atoms with Gasteiger partial charge < -0.3 is 19.7 Å². The van der Waals surface area contributed by atoms with E-state index in [1.807, 2.05) is 38.1 Å². The van der Waals surface area contributed by atoms with Crippen molar-refractivity contribution in [3.8, 4) is 0 Å². The van der Waals surface area contributed by atoms with Gasteiger partial charge >= 0.3 is 12.0 Å². The van der Waals surface area contributed by atoms with E-state index in [2.05, 4.69) is 5.32 Å². The number of nitrogens with zero attached hydrogens (tertiary/aromatic N) is 1. The molecule has 6 heteroatoms. The summed E-state index contributed by atoms with van der Waals surface area (Å²) in [5, 5.41) is 13.0. The molecule has 23 heavy (non-hydrogen) atoms. The number of hydrogen-bond acceptors (Lipinski definition) is 3. The van der Waals surface area contributed by atoms with Gasteiger partial charge in [0.1, 0.15) is 11.3 Å². The Morgan fingerprint density at radius 1 is 1.39 bits per heavy atom. The second kappa shape index (κ2) is 5.95. The van der Waals surface area contributed by atoms with Crippen molar-refractivity contribution < 1.29 is 19.1 Å². The molecule has 122 valence electrons. The van der Waals surface area contributed by atoms with Gasteiger partial charge in [0, 0.05) is 24.0 Å². The number of carboxylic acids is 1. The summed E-state index contributed by atoms with van der Waals surface area (Å²) in [4.78, 5) is 24.8. The van der Waals surface area contributed by atoms with Gasteiger partial charge in [-0.2, -0.15) is 0 Å². The largest absolute Gasteiger partial charge is 0.481 e. The first-order valence-corrected chi connectivity index (χ1v) is 7.73. The van der Waals surface area contributed by atoms with Crippen LogP contribution in [0.15, 0.2) is 28.7 Å². The first-order chi connectivity index (χ1) is 11.0. The monoisotopic (exact) mass is 316 g/mol. The SMILES string of the molecule is Cc1c(C(C)NC(=O)N2CCC(C(=O)O)C2)oc2ccccc12. The number of fused-ring (bicyclic) bond motifs is 1. The van der Waals surface area contributed by atoms with Crippen LogP contribution in [0.2, 0.25) is 0 Å². The molecule has 0 saturated carbocycles. The summed E-state index contributed by atoms with van der Waals surface area (Å²) in [6.07, 6.45) is 0.501. The molecule has 0 bridgehead atoms. The third kappa shape index (κ3) is 2.88. The van der Waals surface area contributed by atoms with Crippen LogP contribution in [0.5, 0.6) is 0 Å². The van der Waals surface area contributed by atoms with E-state index in [-0.39, 0.29) is 18.6 Å². The van der Waals surface area contributed by atoms with Crippen LogP contribution in [0.3, 0.4) is 0 Å². The Kier molecular flexibility index (Phi) is 3.98. The van der Waals surface area contributed by atoms with Crippen LogP contribution < -0.4 is 5.32 Å². The van der Waals surface area contributed by atoms with Gasteiger partial charge in [0.2, 0.25) is 0 Å². The van der Waals surface area contributed by atoms with E-state index >= 15 is 0 Å². The Hall–Kier alpha value is -2.50. The predicted octanol–water partition coefficient (Wildman–Crippen LogP) is 2.92. The molecule has 2 amide bonds. The fourth-order valence-electron chi connectivity index (χ4n) is 3.09. The van der Waals surface area contributed by atoms with Gasteiger partial charge in [-0.3, -0.25) is 4.79 Å². The van der Waals surface area contributed by atoms with Gasteiger partial charge in [0.05, 0.1) is 12.0 Å². The number of amides is 2. The smallest absolute Gasteiger partial charge is 0.318 e. The number of furan rings is 1. The molecule has 0 radical (unpaired) electrons. The molecule has 1 aromatic heterocycles. The lowest BCUT2D eigenvalue weighted by molar-refractivity contribution is -0.141. The van der Waals surface area contributed by atoms with Crippen LogP contribution in [-0.4, -0.2) is 35.1 Å². The zero-order valence-electron chi connectivity index (χ0n) is 13.2. The van der Waals surface area contributed by atoms with Crippen LogP contribution in [0, 0.1) is 12.8 Å². The minimum Gasteiger partial charge on any atom is -0.481 e. The van der Waals surface area contributed by atoms with E-state index in [0.717, 1.165) is 22.3 Å². The maximum absolute atomic E-state index is 12.3. The summed E-state index contributed by atoms with van der Waals surface area (Å²) >= 11 is 0. The third-order valence-electron chi connectivity index (χ3n) is 4.44. The standard InChI is InChI=1S/C17H20N2O4/c1-10-13-5-3-4-6-14(13)23-15(10)11(2)18-17(22)19-8-7-12(9-19)16(20)21/h3-6,11-12H,7-9H2,1-2H3,(H,18,22)(H,20,21). The zero-order valence-corrected chi connectivity index (χ0v) is 13.2. The van der Waals surface area contributed by atoms with Crippen LogP contribution >= 0.6 is 0 Å². The molecule has 0 spiro atoms. The van der Waals surface area contributed by atoms with Crippen molar-refractivity contribution in [2.24, 2.45) is 5.92 Å². The van der Waals surface area contributed by atoms with Gasteiger partial charge in [-0.15, -0.1) is 0 Å². The lowest BCUT2D eigenvalue weighted by atomic mass is 10.1. The maximum atomic E-state index is 12.3. The molecule has 1 aromatic carbocycles. The van der Waals surface area contributed by atoms with Crippen molar-refractivity contribution in [3.63, 3.8) is 0 Å². The van der Waals surface area contributed by atoms with E-state index in [4.69, 9.17) is 9.52 Å². The molecule has 1 fully saturated rings. The Balaban J connectivity index is 1.71. The second-order valence-electron chi connectivity index (χ2n) is 6.03. The van der Waals surface area contributed by atoms with Crippen LogP contribution in [0.25, 0.3) is 11.0 Å². The molecular formula is C17H20N2O4. The summed E-state index contributed by atoms with van der Waals surface area (Å²) in [5.41, 5.74) is 1.81. The Labute approximate surface area is 134 Å². The number of nitrogens with one attached hydrogen (secondary N) is 1. The van der Waals surface area contributed by atoms with Gasteiger partial charge in [-0.25, -0.2) is 4.79 Å². The average molecular weight is 316 g/mol. The Morgan fingerprint density at radius 3 is 2.78 bits per heavy atom. The lowest BCUT2D eigenvalue weighted by Crippen LogP contribution is -2.40. The quantitative estimate of drug-likeness (QED) is 0.912. The number of hydrogen-bond donors (Lipinski definition) is 2. The van der Waals surface area contributed by atoms with Crippen molar-refractivity contribution in [2.75, 3.05) is 13.1 Å². The molecule has 6 nitrogen and oxygen atoms in total. The van der Waals surface area contributed by atoms with E-state index < -0.39 is 11.9 Å². The highest BCUT2D eigenvalue weighted by Gasteiger charge is 2.31. The van der Waals surface area contributed by atoms with Crippen molar-refractivity contribution in [2.45, 2.75) is 26.3 Å². The number of benzene rings is 1. The fourth-order valence-corrected chi connectivity index (χ4v) is 3.09. The normalized spacial score (nSPS) is 19.0. The lowest BCUT2D eigenvalue weighted by Gasteiger charge is -2.20. The van der Waals surface area contributed by atoms with E-state index in [9.17, 15) is 9.59 Å². The summed E-state index contributed by atoms with van der Waals surface area (Å²) in [6.45, 7) is 4.56. The first-order valence-electron chi connectivity index (χ1n) is 7.73. The molecule has 2 aromatic rings. The minimum atomic E-state index is -0.846. The number of likely N-dealkylation sites (tertiary alicyclic amines) is 1. The van der Waals surface area contributed by atoms with Crippen LogP contribution in [0.4, 0.5) is 4.79 Å². The summed E-state index contributed by atoms with van der Waals surface area (Å²) in [7, 11) is 0. The summed E-state index contributed by atoms with van der Waals surface area (Å²) < 4.78 is 5.86. The van der Waals surface area contributed by atoms with Crippen LogP contribution in [0.1, 0.15) is 30.7 Å². The molecule has 0 aliphatic carbocycles. The number of rotatable bonds is 3. The molecule has 2 N–H and O–H groups in total. The zero-order chi connectivity index (χ0) is 16.6. The van der Waals surface area contributed by atoms with E-state index in [1.165, 1.54) is 0 Å². The van der Waals surface area contributed by atoms with Crippen molar-refractivity contribution in [1.29, 1.82) is 0 Å². The third-order valence-corrected chi connectivity index (χ3v) is 4.44. The average Bonchev–Trinajstić information content (AvgIpc) is 3.13. The molecular weight excluding hydrogens is 296 g/mol. The minimum absolute atomic E-state index is 0.249. The topological polar surface area (TPSA) is 82.8 Å². The first kappa shape index (κ1) is 15.4. The van der Waals surface area contributed by atoms with E-state index in [0.29, 0.717) is 13.0 Å². The molecule has 1 aliphatic rings. The molecule has 2 unspecified atom stereocenters. The molecule has 2 heterocycles. The highest BCUT2D eigenvalue weighted by atomic mass is 16.4. The van der Waals surface area contributed by atoms with Crippen LogP contribution in [-0.2, 0) is 4.79 Å².